The van der Waals surface area contributed by atoms with Crippen LogP contribution in [0.25, 0.3) is 110 Å². The van der Waals surface area contributed by atoms with Gasteiger partial charge in [-0.3, -0.25) is 24.0 Å². The van der Waals surface area contributed by atoms with Crippen molar-refractivity contribution in [3.63, 3.8) is 0 Å². The highest BCUT2D eigenvalue weighted by atomic mass is 16.5. The van der Waals surface area contributed by atoms with Crippen molar-refractivity contribution in [2.24, 2.45) is 17.6 Å². The number of aliphatic carboxylic acids is 1. The Kier molecular flexibility index (Phi) is 26.1. The molecule has 29 heteroatoms. The zero-order valence-corrected chi connectivity index (χ0v) is 75.0. The Balaban J connectivity index is 0.000000179. The van der Waals surface area contributed by atoms with Gasteiger partial charge in [-0.05, 0) is 205 Å². The Bertz CT molecular complexity index is 6650. The van der Waals surface area contributed by atoms with Crippen molar-refractivity contribution in [2.75, 3.05) is 40.4 Å². The van der Waals surface area contributed by atoms with Gasteiger partial charge in [0.05, 0.1) is 84.2 Å². The second kappa shape index (κ2) is 37.9. The zero-order valence-electron chi connectivity index (χ0n) is 75.0. The van der Waals surface area contributed by atoms with Crippen LogP contribution in [-0.4, -0.2) is 186 Å². The van der Waals surface area contributed by atoms with E-state index in [1.54, 1.807) is 17.0 Å². The standard InChI is InChI=1S/C51H54N8O6.C47H48N8O4.C4H8O3/c1-29(2)42(57-50(63)65-5)47(60)59-24-10-14-41(59)46-53-38-22-20-35-26-34(19-21-37(35)44(38)55-46)31-15-16-33-27-36(18-17-32(33)25-31)39-28-52-45(54-39)40-13-9-23-58(40)48(61)43(30-11-7-6-8-12-30)56-49(62)51(3,4)64;1-27(2)41(53-47(58)59-3)46(57)55-22-8-12-39(55)44-50-36-20-18-33-24-32(17-19-35(33)42(36)52-44)29-13-14-31-25-34(16-15-30(31)23-29)37-26-49-43(51-37)38-11-7-21-54(38)45(56)40(48)28-9-5-4-6-10-28;1-4(2,7)3(5)6/h6-8,11-12,15-22,25-29,40-43,64H,9-10,13-14,23-24H2,1-5H3,(H,52,54)(H,53,55)(H,56,62)(H,57,63);4-6,9-10,13-20,23-27,38-41H,7-8,11-12,21-22,48H2,1-3H3,(H,49,51)(H,50,52)(H,53,58);7H,1-2H3,(H,5,6)/t40-,41-,42-,43+;38-,39-,40+,41-;/m00./s1. The predicted octanol–water partition coefficient (Wildman–Crippen LogP) is 16.4. The average Bonchev–Trinajstić information content (AvgIpc) is 1.62. The summed E-state index contributed by atoms with van der Waals surface area (Å²) >= 11 is 0. The lowest BCUT2D eigenvalue weighted by molar-refractivity contribution is -0.154. The maximum atomic E-state index is 14.2. The van der Waals surface area contributed by atoms with E-state index in [1.807, 2.05) is 109 Å². The fourth-order valence-electron chi connectivity index (χ4n) is 18.2. The molecule has 0 saturated carbocycles. The molecule has 14 aromatic rings. The van der Waals surface area contributed by atoms with E-state index >= 15 is 0 Å². The Labute approximate surface area is 757 Å². The molecule has 10 aromatic carbocycles. The van der Waals surface area contributed by atoms with Crippen LogP contribution in [0.3, 0.4) is 0 Å². The molecule has 0 aliphatic carbocycles. The number of imidazole rings is 4. The highest BCUT2D eigenvalue weighted by Crippen LogP contribution is 2.42. The Morgan fingerprint density at radius 2 is 0.748 bits per heavy atom. The highest BCUT2D eigenvalue weighted by Gasteiger charge is 2.43. The largest absolute Gasteiger partial charge is 0.479 e. The summed E-state index contributed by atoms with van der Waals surface area (Å²) in [6.45, 7) is 15.2. The van der Waals surface area contributed by atoms with Crippen LogP contribution in [0.2, 0.25) is 0 Å². The molecule has 4 saturated heterocycles. The number of carboxylic acid groups (broad SMARTS) is 1. The first-order valence-corrected chi connectivity index (χ1v) is 44.7. The van der Waals surface area contributed by atoms with Crippen molar-refractivity contribution in [3.05, 3.63) is 241 Å². The maximum Gasteiger partial charge on any atom is 0.407 e. The minimum atomic E-state index is -1.65. The summed E-state index contributed by atoms with van der Waals surface area (Å²) in [7, 11) is 2.59. The first-order chi connectivity index (χ1) is 62.9. The number of likely N-dealkylation sites (tertiary alicyclic amines) is 4. The number of alkyl carbamates (subject to hydrolysis) is 2. The van der Waals surface area contributed by atoms with Crippen molar-refractivity contribution >= 4 is 113 Å². The lowest BCUT2D eigenvalue weighted by atomic mass is 9.97. The summed E-state index contributed by atoms with van der Waals surface area (Å²) < 4.78 is 9.59. The third-order valence-corrected chi connectivity index (χ3v) is 25.5. The number of nitrogens with zero attached hydrogens (tertiary/aromatic N) is 8. The molecule has 18 rings (SSSR count). The lowest BCUT2D eigenvalue weighted by Crippen LogP contribution is -2.51. The number of carboxylic acids is 1. The molecular formula is C102H110N16O13. The van der Waals surface area contributed by atoms with Gasteiger partial charge in [-0.25, -0.2) is 34.3 Å². The maximum absolute atomic E-state index is 14.2. The van der Waals surface area contributed by atoms with E-state index in [9.17, 15) is 43.5 Å². The van der Waals surface area contributed by atoms with Gasteiger partial charge in [-0.1, -0.05) is 173 Å². The van der Waals surface area contributed by atoms with E-state index in [0.29, 0.717) is 37.6 Å². The van der Waals surface area contributed by atoms with Gasteiger partial charge in [-0.15, -0.1) is 0 Å². The quantitative estimate of drug-likeness (QED) is 0.0318. The summed E-state index contributed by atoms with van der Waals surface area (Å²) in [5.74, 6) is 0.302. The molecule has 4 aromatic heterocycles. The number of H-pyrrole nitrogens is 4. The van der Waals surface area contributed by atoms with E-state index in [0.717, 1.165) is 184 Å². The molecule has 7 amide bonds. The van der Waals surface area contributed by atoms with Gasteiger partial charge < -0.3 is 86.0 Å². The van der Waals surface area contributed by atoms with Crippen LogP contribution in [0.1, 0.15) is 177 Å². The lowest BCUT2D eigenvalue weighted by Gasteiger charge is -2.30. The number of ether oxygens (including phenoxy) is 2. The molecule has 12 N–H and O–H groups in total. The Morgan fingerprint density at radius 3 is 1.12 bits per heavy atom. The van der Waals surface area contributed by atoms with Crippen LogP contribution in [0, 0.1) is 11.8 Å². The van der Waals surface area contributed by atoms with Crippen LogP contribution in [-0.2, 0) is 38.2 Å². The van der Waals surface area contributed by atoms with Gasteiger partial charge in [0.15, 0.2) is 5.60 Å². The smallest absolute Gasteiger partial charge is 0.407 e. The van der Waals surface area contributed by atoms with Gasteiger partial charge in [0, 0.05) is 48.1 Å². The number of carbonyl (C=O) groups is 8. The van der Waals surface area contributed by atoms with E-state index in [-0.39, 0.29) is 59.6 Å². The minimum Gasteiger partial charge on any atom is -0.479 e. The molecular weight excluding hydrogens is 1660 g/mol. The molecule has 676 valence electrons. The van der Waals surface area contributed by atoms with Gasteiger partial charge in [0.1, 0.15) is 53.1 Å². The molecule has 8 heterocycles. The van der Waals surface area contributed by atoms with Gasteiger partial charge in [-0.2, -0.15) is 0 Å². The molecule has 4 fully saturated rings. The first-order valence-electron chi connectivity index (χ1n) is 44.7. The van der Waals surface area contributed by atoms with Crippen molar-refractivity contribution < 1.29 is 63.1 Å². The molecule has 0 radical (unpaired) electrons. The molecule has 4 aliphatic heterocycles. The van der Waals surface area contributed by atoms with Crippen LogP contribution >= 0.6 is 0 Å². The third-order valence-electron chi connectivity index (χ3n) is 25.5. The van der Waals surface area contributed by atoms with E-state index in [1.165, 1.54) is 41.9 Å². The number of aromatic nitrogens is 8. The number of aliphatic hydroxyl groups is 2. The van der Waals surface area contributed by atoms with Crippen LogP contribution in [0.5, 0.6) is 0 Å². The number of methoxy groups -OCH3 is 2. The monoisotopic (exact) mass is 1770 g/mol. The topological polar surface area (TPSA) is 405 Å². The van der Waals surface area contributed by atoms with Crippen LogP contribution in [0.15, 0.2) is 207 Å². The number of fused-ring (bicyclic) bond motifs is 8. The number of amides is 7. The fourth-order valence-corrected chi connectivity index (χ4v) is 18.2. The summed E-state index contributed by atoms with van der Waals surface area (Å²) in [4.78, 5) is 143. The number of hydrogen-bond donors (Lipinski definition) is 11. The van der Waals surface area contributed by atoms with E-state index in [2.05, 4.69) is 163 Å². The molecule has 131 heavy (non-hydrogen) atoms. The highest BCUT2D eigenvalue weighted by molar-refractivity contribution is 6.08. The number of nitrogens with two attached hydrogens (primary N) is 1. The molecule has 0 bridgehead atoms. The molecule has 29 nitrogen and oxygen atoms in total. The summed E-state index contributed by atoms with van der Waals surface area (Å²) in [5.41, 5.74) is 16.3. The van der Waals surface area contributed by atoms with E-state index in [4.69, 9.17) is 45.4 Å². The molecule has 4 aliphatic rings. The zero-order chi connectivity index (χ0) is 92.4. The van der Waals surface area contributed by atoms with Crippen molar-refractivity contribution in [2.45, 2.75) is 166 Å². The number of rotatable bonds is 21. The van der Waals surface area contributed by atoms with Crippen molar-refractivity contribution in [1.82, 2.24) is 75.4 Å². The molecule has 0 spiro atoms. The van der Waals surface area contributed by atoms with Gasteiger partial charge in [0.25, 0.3) is 5.91 Å². The average molecular weight is 1770 g/mol. The summed E-state index contributed by atoms with van der Waals surface area (Å²) in [5, 5.41) is 43.7. The fraction of sp³-hybridized carbons (Fsp3) is 0.333. The second-order valence-electron chi connectivity index (χ2n) is 36.1. The van der Waals surface area contributed by atoms with E-state index < -0.39 is 59.4 Å². The normalized spacial score (nSPS) is 17.4. The number of hydrogen-bond acceptors (Lipinski definition) is 17. The van der Waals surface area contributed by atoms with Crippen molar-refractivity contribution in [3.8, 4) is 44.8 Å². The Morgan fingerprint density at radius 1 is 0.412 bits per heavy atom. The summed E-state index contributed by atoms with van der Waals surface area (Å²) in [6.07, 6.45) is 8.92. The second-order valence-corrected chi connectivity index (χ2v) is 36.1. The van der Waals surface area contributed by atoms with Crippen molar-refractivity contribution in [1.29, 1.82) is 0 Å². The molecule has 0 unspecified atom stereocenters. The number of nitrogens with one attached hydrogen (secondary N) is 7. The SMILES string of the molecule is CC(C)(O)C(=O)O.COC(=O)N[C@H](C(=O)N1CCC[C@H]1c1nc2c(ccc3cc(-c4ccc5cc(-c6cnc([C@@H]7CCCN7C(=O)[C@H](N)c7ccccc7)[nH]6)ccc5c4)ccc32)[nH]1)C(C)C.COC(=O)N[C@H](C(=O)N1CCC[C@H]1c1nc2c(ccc3cc(-c4ccc5cc(-c6cnc([C@@H]7CCCN7C(=O)[C@H](NC(=O)C(C)(C)O)c7ccccc7)[nH]6)ccc5c4)ccc32)[nH]1)C(C)C. The van der Waals surface area contributed by atoms with Crippen LogP contribution < -0.4 is 21.7 Å². The minimum absolute atomic E-state index is 0.0815. The Hall–Kier alpha value is -14.2. The van der Waals surface area contributed by atoms with Crippen LogP contribution in [0.4, 0.5) is 9.59 Å². The number of carbonyl (C=O) groups excluding carboxylic acids is 7. The van der Waals surface area contributed by atoms with Gasteiger partial charge in [0.2, 0.25) is 23.6 Å². The first kappa shape index (κ1) is 90.2. The molecule has 8 atom stereocenters. The van der Waals surface area contributed by atoms with Gasteiger partial charge >= 0.3 is 18.2 Å². The summed E-state index contributed by atoms with van der Waals surface area (Å²) in [6, 6.07) is 61.6. The predicted molar refractivity (Wildman–Crippen MR) is 502 cm³/mol. The number of aromatic amines is 4. The number of benzene rings is 10. The third kappa shape index (κ3) is 19.2.